The fraction of sp³-hybridized carbons (Fsp3) is 0.344. The van der Waals surface area contributed by atoms with Gasteiger partial charge >= 0.3 is 12.1 Å². The maximum Gasteiger partial charge on any atom is 0.403 e. The fourth-order valence-corrected chi connectivity index (χ4v) is 6.08. The summed E-state index contributed by atoms with van der Waals surface area (Å²) in [6.07, 6.45) is -3.92. The van der Waals surface area contributed by atoms with Crippen LogP contribution in [0.2, 0.25) is 0 Å². The number of fused-ring (bicyclic) bond motifs is 1. The number of carboxylic acid groups (broad SMARTS) is 1. The van der Waals surface area contributed by atoms with Crippen molar-refractivity contribution in [3.63, 3.8) is 0 Å². The number of nitrogens with one attached hydrogen (secondary N) is 1. The van der Waals surface area contributed by atoms with Gasteiger partial charge in [0.1, 0.15) is 5.41 Å². The molecule has 3 aliphatic rings. The zero-order valence-corrected chi connectivity index (χ0v) is 22.2. The first kappa shape index (κ1) is 27.1. The van der Waals surface area contributed by atoms with E-state index in [1.165, 1.54) is 11.0 Å². The molecule has 1 aliphatic heterocycles. The summed E-state index contributed by atoms with van der Waals surface area (Å²) in [7, 11) is 0. The van der Waals surface area contributed by atoms with E-state index in [1.807, 2.05) is 42.5 Å². The number of carbonyl (C=O) groups is 3. The Kier molecular flexibility index (Phi) is 6.63. The van der Waals surface area contributed by atoms with Crippen molar-refractivity contribution >= 4 is 17.8 Å². The Balaban J connectivity index is 1.28. The highest BCUT2D eigenvalue weighted by atomic mass is 19.4. The summed E-state index contributed by atoms with van der Waals surface area (Å²) in [6, 6.07) is 20.0. The molecule has 3 aromatic rings. The lowest BCUT2D eigenvalue weighted by Crippen LogP contribution is -2.46. The van der Waals surface area contributed by atoms with E-state index < -0.39 is 23.5 Å². The maximum atomic E-state index is 13.8. The van der Waals surface area contributed by atoms with Crippen molar-refractivity contribution in [2.45, 2.75) is 50.9 Å². The van der Waals surface area contributed by atoms with Crippen LogP contribution in [-0.2, 0) is 29.1 Å². The Morgan fingerprint density at radius 1 is 0.976 bits per heavy atom. The molecule has 1 heterocycles. The number of aromatic carboxylic acids is 1. The number of alkyl halides is 3. The zero-order chi connectivity index (χ0) is 28.9. The molecule has 0 spiro atoms. The molecule has 2 fully saturated rings. The van der Waals surface area contributed by atoms with E-state index in [0.29, 0.717) is 17.5 Å². The van der Waals surface area contributed by atoms with Crippen LogP contribution in [0, 0.1) is 11.3 Å². The largest absolute Gasteiger partial charge is 0.478 e. The van der Waals surface area contributed by atoms with E-state index in [-0.39, 0.29) is 55.8 Å². The maximum absolute atomic E-state index is 13.8. The van der Waals surface area contributed by atoms with Crippen LogP contribution >= 0.6 is 0 Å². The first-order valence-corrected chi connectivity index (χ1v) is 13.8. The number of rotatable bonds is 7. The summed E-state index contributed by atoms with van der Waals surface area (Å²) in [5, 5.41) is 12.5. The second-order valence-electron chi connectivity index (χ2n) is 11.2. The van der Waals surface area contributed by atoms with Crippen molar-refractivity contribution < 1.29 is 32.7 Å². The van der Waals surface area contributed by atoms with Crippen LogP contribution < -0.4 is 5.32 Å². The van der Waals surface area contributed by atoms with Gasteiger partial charge in [0.15, 0.2) is 0 Å². The van der Waals surface area contributed by atoms with Crippen LogP contribution in [0.3, 0.4) is 0 Å². The van der Waals surface area contributed by atoms with E-state index in [1.54, 1.807) is 18.2 Å². The predicted molar refractivity (Wildman–Crippen MR) is 145 cm³/mol. The van der Waals surface area contributed by atoms with Gasteiger partial charge in [-0.3, -0.25) is 9.59 Å². The van der Waals surface area contributed by atoms with Gasteiger partial charge < -0.3 is 15.3 Å². The molecule has 0 unspecified atom stereocenters. The number of benzene rings is 3. The van der Waals surface area contributed by atoms with E-state index in [9.17, 15) is 32.7 Å². The Hall–Kier alpha value is -4.14. The quantitative estimate of drug-likeness (QED) is 0.387. The van der Waals surface area contributed by atoms with Gasteiger partial charge in [0.25, 0.3) is 0 Å². The third-order valence-corrected chi connectivity index (χ3v) is 8.73. The molecule has 0 radical (unpaired) electrons. The first-order valence-electron chi connectivity index (χ1n) is 13.8. The lowest BCUT2D eigenvalue weighted by Gasteiger charge is -2.35. The molecule has 0 aromatic heterocycles. The highest BCUT2D eigenvalue weighted by molar-refractivity contribution is 5.90. The van der Waals surface area contributed by atoms with Crippen LogP contribution in [0.25, 0.3) is 11.1 Å². The van der Waals surface area contributed by atoms with Gasteiger partial charge in [-0.25, -0.2) is 4.79 Å². The molecule has 2 N–H and O–H groups in total. The standard InChI is InChI=1S/C32H29F3N2O4/c33-32(34,35)31(12-13-31)30(41)37-14-11-24-23(20-7-4-8-21(15-20)29(39)40)10-9-22(27(24)18-37)17-36-28(38)26-16-25(26)19-5-2-1-3-6-19/h1-10,15,25-26H,11-14,16-18H2,(H,36,38)(H,39,40)/t25-,26+/m1/s1. The van der Waals surface area contributed by atoms with Gasteiger partial charge in [-0.2, -0.15) is 13.2 Å². The van der Waals surface area contributed by atoms with Crippen LogP contribution in [0.5, 0.6) is 0 Å². The highest BCUT2D eigenvalue weighted by Gasteiger charge is 2.69. The van der Waals surface area contributed by atoms with Crippen LogP contribution in [-0.4, -0.2) is 40.5 Å². The normalized spacial score (nSPS) is 20.6. The van der Waals surface area contributed by atoms with Gasteiger partial charge in [-0.05, 0) is 77.1 Å². The Bertz CT molecular complexity index is 1530. The fourth-order valence-electron chi connectivity index (χ4n) is 6.08. The van der Waals surface area contributed by atoms with Gasteiger partial charge in [0, 0.05) is 25.6 Å². The van der Waals surface area contributed by atoms with Crippen LogP contribution in [0.4, 0.5) is 13.2 Å². The molecule has 41 heavy (non-hydrogen) atoms. The third kappa shape index (κ3) is 4.98. The summed E-state index contributed by atoms with van der Waals surface area (Å²) < 4.78 is 41.3. The van der Waals surface area contributed by atoms with Gasteiger partial charge in [0.05, 0.1) is 5.56 Å². The average Bonchev–Trinajstić information content (AvgIpc) is 3.89. The smallest absolute Gasteiger partial charge is 0.403 e. The molecule has 212 valence electrons. The van der Waals surface area contributed by atoms with Crippen molar-refractivity contribution in [3.05, 3.63) is 94.5 Å². The van der Waals surface area contributed by atoms with Crippen molar-refractivity contribution in [2.75, 3.05) is 6.54 Å². The predicted octanol–water partition coefficient (Wildman–Crippen LogP) is 5.70. The molecule has 6 rings (SSSR count). The van der Waals surface area contributed by atoms with E-state index >= 15 is 0 Å². The van der Waals surface area contributed by atoms with Gasteiger partial charge in [0.2, 0.25) is 11.8 Å². The Morgan fingerprint density at radius 2 is 1.73 bits per heavy atom. The molecule has 2 atom stereocenters. The minimum Gasteiger partial charge on any atom is -0.478 e. The summed E-state index contributed by atoms with van der Waals surface area (Å²) in [5.74, 6) is -2.01. The minimum absolute atomic E-state index is 0.000267. The Labute approximate surface area is 235 Å². The van der Waals surface area contributed by atoms with E-state index in [4.69, 9.17) is 0 Å². The highest BCUT2D eigenvalue weighted by Crippen LogP contribution is 2.59. The van der Waals surface area contributed by atoms with E-state index in [2.05, 4.69) is 5.32 Å². The molecule has 2 saturated carbocycles. The second-order valence-corrected chi connectivity index (χ2v) is 11.2. The molecule has 0 bridgehead atoms. The van der Waals surface area contributed by atoms with Crippen molar-refractivity contribution in [3.8, 4) is 11.1 Å². The molecule has 6 nitrogen and oxygen atoms in total. The number of amides is 2. The monoisotopic (exact) mass is 562 g/mol. The van der Waals surface area contributed by atoms with E-state index in [0.717, 1.165) is 28.7 Å². The molecule has 0 saturated heterocycles. The summed E-state index contributed by atoms with van der Waals surface area (Å²) in [4.78, 5) is 39.0. The van der Waals surface area contributed by atoms with Crippen LogP contribution in [0.1, 0.15) is 57.8 Å². The van der Waals surface area contributed by atoms with Gasteiger partial charge in [-0.15, -0.1) is 0 Å². The van der Waals surface area contributed by atoms with Crippen molar-refractivity contribution in [2.24, 2.45) is 11.3 Å². The molecular weight excluding hydrogens is 533 g/mol. The van der Waals surface area contributed by atoms with Crippen LogP contribution in [0.15, 0.2) is 66.7 Å². The molecule has 2 aliphatic carbocycles. The lowest BCUT2D eigenvalue weighted by molar-refractivity contribution is -0.199. The summed E-state index contributed by atoms with van der Waals surface area (Å²) >= 11 is 0. The number of nitrogens with zero attached hydrogens (tertiary/aromatic N) is 1. The molecule has 3 aromatic carbocycles. The summed E-state index contributed by atoms with van der Waals surface area (Å²) in [5.41, 5.74) is 2.68. The topological polar surface area (TPSA) is 86.7 Å². The summed E-state index contributed by atoms with van der Waals surface area (Å²) in [6.45, 7) is 0.312. The number of hydrogen-bond donors (Lipinski definition) is 2. The number of carbonyl (C=O) groups excluding carboxylic acids is 2. The molecular formula is C32H29F3N2O4. The molecule has 2 amide bonds. The third-order valence-electron chi connectivity index (χ3n) is 8.73. The van der Waals surface area contributed by atoms with Crippen molar-refractivity contribution in [1.82, 2.24) is 10.2 Å². The number of carboxylic acids is 1. The number of hydrogen-bond acceptors (Lipinski definition) is 3. The molecule has 9 heteroatoms. The minimum atomic E-state index is -4.60. The Morgan fingerprint density at radius 3 is 2.41 bits per heavy atom. The average molecular weight is 563 g/mol. The van der Waals surface area contributed by atoms with Crippen molar-refractivity contribution in [1.29, 1.82) is 0 Å². The number of halogens is 3. The zero-order valence-electron chi connectivity index (χ0n) is 22.2. The lowest BCUT2D eigenvalue weighted by atomic mass is 9.86. The second kappa shape index (κ2) is 10.0. The first-order chi connectivity index (χ1) is 19.6. The SMILES string of the molecule is O=C(O)c1cccc(-c2ccc(CNC(=O)[C@H]3C[C@@H]3c3ccccc3)c3c2CCN(C(=O)C2(C(F)(F)F)CC2)C3)c1. The van der Waals surface area contributed by atoms with Gasteiger partial charge in [-0.1, -0.05) is 54.6 Å².